The van der Waals surface area contributed by atoms with Crippen LogP contribution in [0.5, 0.6) is 5.75 Å². The molecule has 4 heteroatoms. The minimum atomic E-state index is -0.509. The first-order valence-electron chi connectivity index (χ1n) is 10.6. The molecule has 28 heavy (non-hydrogen) atoms. The van der Waals surface area contributed by atoms with Gasteiger partial charge in [0.05, 0.1) is 0 Å². The molecule has 4 nitrogen and oxygen atoms in total. The van der Waals surface area contributed by atoms with E-state index in [2.05, 4.69) is 46.6 Å². The lowest BCUT2D eigenvalue weighted by Gasteiger charge is -2.19. The van der Waals surface area contributed by atoms with Crippen LogP contribution in [-0.4, -0.2) is 25.1 Å². The Morgan fingerprint density at radius 1 is 1.00 bits per heavy atom. The first kappa shape index (κ1) is 18.9. The number of carbonyl (C=O) groups excluding carboxylic acids is 1. The van der Waals surface area contributed by atoms with Crippen molar-refractivity contribution in [2.24, 2.45) is 0 Å². The second kappa shape index (κ2) is 8.68. The largest absolute Gasteiger partial charge is 0.481 e. The molecule has 2 aromatic rings. The topological polar surface area (TPSA) is 41.6 Å². The molecule has 0 aromatic heterocycles. The highest BCUT2D eigenvalue weighted by Gasteiger charge is 2.17. The fraction of sp³-hybridized carbons (Fsp3) is 0.458. The number of benzene rings is 2. The summed E-state index contributed by atoms with van der Waals surface area (Å²) in [5.41, 5.74) is 5.18. The lowest BCUT2D eigenvalue weighted by Crippen LogP contribution is -2.35. The fourth-order valence-electron chi connectivity index (χ4n) is 4.17. The lowest BCUT2D eigenvalue weighted by atomic mass is 9.92. The van der Waals surface area contributed by atoms with Crippen molar-refractivity contribution in [1.29, 1.82) is 0 Å². The molecule has 1 aliphatic heterocycles. The van der Waals surface area contributed by atoms with E-state index in [1.807, 2.05) is 13.0 Å². The number of hydrogen-bond donors (Lipinski definition) is 1. The average Bonchev–Trinajstić information content (AvgIpc) is 3.27. The number of hydrogen-bond acceptors (Lipinski definition) is 3. The van der Waals surface area contributed by atoms with Crippen LogP contribution in [0.15, 0.2) is 42.5 Å². The van der Waals surface area contributed by atoms with Gasteiger partial charge in [0.15, 0.2) is 6.10 Å². The highest BCUT2D eigenvalue weighted by Crippen LogP contribution is 2.26. The molecule has 1 N–H and O–H groups in total. The van der Waals surface area contributed by atoms with E-state index in [0.717, 1.165) is 37.2 Å². The number of carbonyl (C=O) groups is 1. The van der Waals surface area contributed by atoms with E-state index in [1.165, 1.54) is 42.5 Å². The SMILES string of the molecule is CC(Oc1ccc2c(c1)CCCC2)C(=O)NCc1ccc(N2CCCC2)cc1. The van der Waals surface area contributed by atoms with Gasteiger partial charge in [-0.25, -0.2) is 0 Å². The number of nitrogens with zero attached hydrogens (tertiary/aromatic N) is 1. The van der Waals surface area contributed by atoms with E-state index in [4.69, 9.17) is 4.74 Å². The highest BCUT2D eigenvalue weighted by atomic mass is 16.5. The van der Waals surface area contributed by atoms with Gasteiger partial charge in [-0.2, -0.15) is 0 Å². The summed E-state index contributed by atoms with van der Waals surface area (Å²) in [7, 11) is 0. The zero-order valence-electron chi connectivity index (χ0n) is 16.7. The van der Waals surface area contributed by atoms with E-state index in [1.54, 1.807) is 0 Å². The summed E-state index contributed by atoms with van der Waals surface area (Å²) in [6.07, 6.45) is 6.82. The van der Waals surface area contributed by atoms with Crippen molar-refractivity contribution in [1.82, 2.24) is 5.32 Å². The maximum atomic E-state index is 12.4. The standard InChI is InChI=1S/C24H30N2O2/c1-18(28-23-13-10-20-6-2-3-7-21(20)16-23)24(27)25-17-19-8-11-22(12-9-19)26-14-4-5-15-26/h8-13,16,18H,2-7,14-15,17H2,1H3,(H,25,27). The molecule has 0 spiro atoms. The first-order chi connectivity index (χ1) is 13.7. The van der Waals surface area contributed by atoms with Gasteiger partial charge in [0, 0.05) is 25.3 Å². The van der Waals surface area contributed by atoms with Crippen LogP contribution in [0, 0.1) is 0 Å². The van der Waals surface area contributed by atoms with Crippen LogP contribution in [0.1, 0.15) is 49.3 Å². The van der Waals surface area contributed by atoms with Gasteiger partial charge in [-0.1, -0.05) is 18.2 Å². The van der Waals surface area contributed by atoms with E-state index in [-0.39, 0.29) is 5.91 Å². The number of fused-ring (bicyclic) bond motifs is 1. The third-order valence-corrected chi connectivity index (χ3v) is 5.88. The van der Waals surface area contributed by atoms with Gasteiger partial charge in [-0.15, -0.1) is 0 Å². The fourth-order valence-corrected chi connectivity index (χ4v) is 4.17. The molecule has 1 unspecified atom stereocenters. The summed E-state index contributed by atoms with van der Waals surface area (Å²) >= 11 is 0. The van der Waals surface area contributed by atoms with Crippen molar-refractivity contribution in [3.05, 3.63) is 59.2 Å². The van der Waals surface area contributed by atoms with Gasteiger partial charge in [0.25, 0.3) is 5.91 Å². The average molecular weight is 379 g/mol. The number of nitrogens with one attached hydrogen (secondary N) is 1. The Morgan fingerprint density at radius 2 is 1.71 bits per heavy atom. The molecule has 1 heterocycles. The molecule has 2 aromatic carbocycles. The van der Waals surface area contributed by atoms with Crippen molar-refractivity contribution >= 4 is 11.6 Å². The molecule has 1 saturated heterocycles. The molecule has 2 aliphatic rings. The Kier molecular flexibility index (Phi) is 5.84. The zero-order chi connectivity index (χ0) is 19.3. The van der Waals surface area contributed by atoms with Crippen LogP contribution < -0.4 is 15.0 Å². The van der Waals surface area contributed by atoms with Crippen LogP contribution in [0.4, 0.5) is 5.69 Å². The van der Waals surface area contributed by atoms with E-state index < -0.39 is 6.10 Å². The molecule has 148 valence electrons. The normalized spacial score (nSPS) is 17.1. The molecule has 0 radical (unpaired) electrons. The number of aryl methyl sites for hydroxylation is 2. The Balaban J connectivity index is 1.28. The summed E-state index contributed by atoms with van der Waals surface area (Å²) in [6, 6.07) is 14.8. The Hall–Kier alpha value is -2.49. The summed E-state index contributed by atoms with van der Waals surface area (Å²) in [5.74, 6) is 0.708. The minimum Gasteiger partial charge on any atom is -0.481 e. The van der Waals surface area contributed by atoms with Crippen LogP contribution in [0.3, 0.4) is 0 Å². The number of amides is 1. The van der Waals surface area contributed by atoms with Gasteiger partial charge < -0.3 is 15.0 Å². The highest BCUT2D eigenvalue weighted by molar-refractivity contribution is 5.80. The predicted octanol–water partition coefficient (Wildman–Crippen LogP) is 4.25. The van der Waals surface area contributed by atoms with Gasteiger partial charge in [-0.05, 0) is 86.4 Å². The number of anilines is 1. The van der Waals surface area contributed by atoms with E-state index in [0.29, 0.717) is 6.54 Å². The minimum absolute atomic E-state index is 0.0821. The molecule has 1 aliphatic carbocycles. The van der Waals surface area contributed by atoms with Crippen LogP contribution in [0.25, 0.3) is 0 Å². The van der Waals surface area contributed by atoms with Crippen molar-refractivity contribution in [3.8, 4) is 5.75 Å². The Bertz CT molecular complexity index is 810. The summed E-state index contributed by atoms with van der Waals surface area (Å²) in [4.78, 5) is 14.9. The third kappa shape index (κ3) is 4.49. The molecular weight excluding hydrogens is 348 g/mol. The number of ether oxygens (including phenoxy) is 1. The second-order valence-corrected chi connectivity index (χ2v) is 7.98. The molecular formula is C24H30N2O2. The van der Waals surface area contributed by atoms with Crippen LogP contribution >= 0.6 is 0 Å². The van der Waals surface area contributed by atoms with Gasteiger partial charge in [-0.3, -0.25) is 4.79 Å². The molecule has 1 atom stereocenters. The summed E-state index contributed by atoms with van der Waals surface area (Å²) < 4.78 is 5.90. The smallest absolute Gasteiger partial charge is 0.261 e. The maximum absolute atomic E-state index is 12.4. The number of rotatable bonds is 6. The monoisotopic (exact) mass is 378 g/mol. The van der Waals surface area contributed by atoms with Gasteiger partial charge in [0.1, 0.15) is 5.75 Å². The van der Waals surface area contributed by atoms with Crippen molar-refractivity contribution in [2.45, 2.75) is 58.1 Å². The van der Waals surface area contributed by atoms with Crippen molar-refractivity contribution in [3.63, 3.8) is 0 Å². The summed E-state index contributed by atoms with van der Waals surface area (Å²) in [6.45, 7) is 4.63. The van der Waals surface area contributed by atoms with E-state index in [9.17, 15) is 4.79 Å². The van der Waals surface area contributed by atoms with Crippen LogP contribution in [0.2, 0.25) is 0 Å². The zero-order valence-corrected chi connectivity index (χ0v) is 16.7. The maximum Gasteiger partial charge on any atom is 0.261 e. The first-order valence-corrected chi connectivity index (χ1v) is 10.6. The van der Waals surface area contributed by atoms with Gasteiger partial charge >= 0.3 is 0 Å². The lowest BCUT2D eigenvalue weighted by molar-refractivity contribution is -0.127. The van der Waals surface area contributed by atoms with E-state index >= 15 is 0 Å². The molecule has 0 saturated carbocycles. The third-order valence-electron chi connectivity index (χ3n) is 5.88. The molecule has 1 fully saturated rings. The Morgan fingerprint density at radius 3 is 2.46 bits per heavy atom. The molecule has 4 rings (SSSR count). The predicted molar refractivity (Wildman–Crippen MR) is 113 cm³/mol. The molecule has 1 amide bonds. The molecule has 0 bridgehead atoms. The van der Waals surface area contributed by atoms with Crippen LogP contribution in [-0.2, 0) is 24.2 Å². The second-order valence-electron chi connectivity index (χ2n) is 7.98. The van der Waals surface area contributed by atoms with Crippen molar-refractivity contribution < 1.29 is 9.53 Å². The van der Waals surface area contributed by atoms with Gasteiger partial charge in [0.2, 0.25) is 0 Å². The quantitative estimate of drug-likeness (QED) is 0.817. The Labute approximate surface area is 167 Å². The summed E-state index contributed by atoms with van der Waals surface area (Å²) in [5, 5.41) is 2.99. The van der Waals surface area contributed by atoms with Crippen molar-refractivity contribution in [2.75, 3.05) is 18.0 Å².